The van der Waals surface area contributed by atoms with Gasteiger partial charge in [-0.3, -0.25) is 0 Å². The molecule has 0 fully saturated rings. The van der Waals surface area contributed by atoms with E-state index in [9.17, 15) is 9.90 Å². The van der Waals surface area contributed by atoms with Crippen LogP contribution >= 0.6 is 11.6 Å². The second kappa shape index (κ2) is 5.95. The molecule has 0 heterocycles. The van der Waals surface area contributed by atoms with Crippen molar-refractivity contribution in [1.29, 1.82) is 0 Å². The van der Waals surface area contributed by atoms with Gasteiger partial charge in [0.2, 0.25) is 0 Å². The summed E-state index contributed by atoms with van der Waals surface area (Å²) >= 11 is 5.79. The number of hydrogen-bond acceptors (Lipinski definition) is 4. The first kappa shape index (κ1) is 13.1. The third-order valence-corrected chi connectivity index (χ3v) is 2.03. The molecule has 0 aliphatic heterocycles. The van der Waals surface area contributed by atoms with E-state index in [1.165, 1.54) is 18.3 Å². The van der Waals surface area contributed by atoms with E-state index < -0.39 is 6.03 Å². The number of nitrogens with two attached hydrogens (primary N) is 1. The van der Waals surface area contributed by atoms with Crippen LogP contribution in [0, 0.1) is 0 Å². The van der Waals surface area contributed by atoms with Gasteiger partial charge >= 0.3 is 6.03 Å². The van der Waals surface area contributed by atoms with Crippen LogP contribution < -0.4 is 15.9 Å². The van der Waals surface area contributed by atoms with Gasteiger partial charge in [0.1, 0.15) is 0 Å². The highest BCUT2D eigenvalue weighted by Gasteiger charge is 2.08. The number of nitrogens with zero attached hydrogens (tertiary/aromatic N) is 1. The maximum absolute atomic E-state index is 10.4. The summed E-state index contributed by atoms with van der Waals surface area (Å²) in [6.45, 7) is 2.17. The molecule has 0 aliphatic rings. The number of phenols is 1. The molecule has 7 heteroatoms. The topological polar surface area (TPSA) is 96.9 Å². The zero-order chi connectivity index (χ0) is 12.8. The Bertz CT molecular complexity index is 449. The van der Waals surface area contributed by atoms with Crippen molar-refractivity contribution in [1.82, 2.24) is 5.43 Å². The fourth-order valence-electron chi connectivity index (χ4n) is 1.10. The molecule has 0 saturated carbocycles. The summed E-state index contributed by atoms with van der Waals surface area (Å²) in [5.41, 5.74) is 7.44. The minimum absolute atomic E-state index is 0.131. The number of hydrogen-bond donors (Lipinski definition) is 3. The number of hydrazone groups is 1. The molecule has 17 heavy (non-hydrogen) atoms. The lowest BCUT2D eigenvalue weighted by atomic mass is 10.2. The van der Waals surface area contributed by atoms with Crippen molar-refractivity contribution >= 4 is 23.8 Å². The summed E-state index contributed by atoms with van der Waals surface area (Å²) in [5, 5.41) is 13.3. The van der Waals surface area contributed by atoms with E-state index in [1.54, 1.807) is 6.92 Å². The SMILES string of the molecule is CCOc1cc(C=NNC(N)=O)cc(Cl)c1O. The van der Waals surface area contributed by atoms with E-state index >= 15 is 0 Å². The molecule has 0 aromatic heterocycles. The highest BCUT2D eigenvalue weighted by Crippen LogP contribution is 2.34. The van der Waals surface area contributed by atoms with Crippen LogP contribution in [0.4, 0.5) is 4.79 Å². The van der Waals surface area contributed by atoms with E-state index in [1.807, 2.05) is 5.43 Å². The molecule has 0 bridgehead atoms. The Morgan fingerprint density at radius 2 is 2.41 bits per heavy atom. The van der Waals surface area contributed by atoms with Gasteiger partial charge in [0.15, 0.2) is 11.5 Å². The number of rotatable bonds is 4. The first-order valence-corrected chi connectivity index (χ1v) is 5.16. The molecular weight excluding hydrogens is 246 g/mol. The first-order valence-electron chi connectivity index (χ1n) is 4.78. The van der Waals surface area contributed by atoms with Crippen LogP contribution in [0.1, 0.15) is 12.5 Å². The van der Waals surface area contributed by atoms with Crippen molar-refractivity contribution in [2.45, 2.75) is 6.92 Å². The van der Waals surface area contributed by atoms with Crippen molar-refractivity contribution in [2.24, 2.45) is 10.8 Å². The largest absolute Gasteiger partial charge is 0.503 e. The van der Waals surface area contributed by atoms with E-state index in [4.69, 9.17) is 22.1 Å². The summed E-state index contributed by atoms with van der Waals surface area (Å²) in [5.74, 6) is 0.119. The molecule has 6 nitrogen and oxygen atoms in total. The molecule has 0 spiro atoms. The smallest absolute Gasteiger partial charge is 0.332 e. The Balaban J connectivity index is 2.93. The van der Waals surface area contributed by atoms with E-state index in [2.05, 4.69) is 5.10 Å². The molecule has 0 radical (unpaired) electrons. The summed E-state index contributed by atoms with van der Waals surface area (Å²) < 4.78 is 5.18. The number of benzene rings is 1. The first-order chi connectivity index (χ1) is 8.04. The van der Waals surface area contributed by atoms with Crippen LogP contribution in [-0.4, -0.2) is 24.0 Å². The average Bonchev–Trinajstić information content (AvgIpc) is 2.25. The van der Waals surface area contributed by atoms with Gasteiger partial charge < -0.3 is 15.6 Å². The molecule has 2 amide bonds. The Labute approximate surface area is 103 Å². The summed E-state index contributed by atoms with van der Waals surface area (Å²) in [4.78, 5) is 10.4. The Morgan fingerprint density at radius 1 is 1.71 bits per heavy atom. The number of carbonyl (C=O) groups is 1. The van der Waals surface area contributed by atoms with Crippen LogP contribution in [0.2, 0.25) is 5.02 Å². The molecule has 1 rings (SSSR count). The average molecular weight is 258 g/mol. The number of amides is 2. The maximum atomic E-state index is 10.4. The summed E-state index contributed by atoms with van der Waals surface area (Å²) in [6.07, 6.45) is 1.33. The van der Waals surface area contributed by atoms with Crippen LogP contribution in [0.25, 0.3) is 0 Å². The zero-order valence-electron chi connectivity index (χ0n) is 9.11. The number of primary amides is 1. The van der Waals surface area contributed by atoms with Crippen LogP contribution in [0.3, 0.4) is 0 Å². The standard InChI is InChI=1S/C10H12ClN3O3/c1-2-17-8-4-6(3-7(11)9(8)15)5-13-14-10(12)16/h3-5,15H,2H2,1H3,(H3,12,14,16). The third-order valence-electron chi connectivity index (χ3n) is 1.74. The van der Waals surface area contributed by atoms with Crippen LogP contribution in [0.5, 0.6) is 11.5 Å². The van der Waals surface area contributed by atoms with Crippen molar-refractivity contribution < 1.29 is 14.6 Å². The van der Waals surface area contributed by atoms with Gasteiger partial charge in [0.25, 0.3) is 0 Å². The normalized spacial score (nSPS) is 10.5. The quantitative estimate of drug-likeness (QED) is 0.562. The number of ether oxygens (including phenoxy) is 1. The second-order valence-corrected chi connectivity index (χ2v) is 3.42. The van der Waals surface area contributed by atoms with Gasteiger partial charge in [0.05, 0.1) is 17.8 Å². The van der Waals surface area contributed by atoms with Crippen molar-refractivity contribution in [3.05, 3.63) is 22.7 Å². The van der Waals surface area contributed by atoms with Crippen molar-refractivity contribution in [3.63, 3.8) is 0 Å². The molecule has 1 aromatic carbocycles. The second-order valence-electron chi connectivity index (χ2n) is 3.02. The lowest BCUT2D eigenvalue weighted by Crippen LogP contribution is -2.24. The molecule has 4 N–H and O–H groups in total. The number of nitrogens with one attached hydrogen (secondary N) is 1. The van der Waals surface area contributed by atoms with Gasteiger partial charge in [0, 0.05) is 0 Å². The van der Waals surface area contributed by atoms with Crippen LogP contribution in [0.15, 0.2) is 17.2 Å². The summed E-state index contributed by atoms with van der Waals surface area (Å²) in [7, 11) is 0. The minimum atomic E-state index is -0.767. The Morgan fingerprint density at radius 3 is 3.00 bits per heavy atom. The molecule has 0 unspecified atom stereocenters. The van der Waals surface area contributed by atoms with Crippen LogP contribution in [-0.2, 0) is 0 Å². The van der Waals surface area contributed by atoms with Gasteiger partial charge in [-0.2, -0.15) is 5.10 Å². The Kier molecular flexibility index (Phi) is 4.59. The molecule has 0 saturated heterocycles. The van der Waals surface area contributed by atoms with Gasteiger partial charge in [-0.1, -0.05) is 11.6 Å². The fourth-order valence-corrected chi connectivity index (χ4v) is 1.32. The third kappa shape index (κ3) is 3.84. The molecule has 0 aliphatic carbocycles. The van der Waals surface area contributed by atoms with Gasteiger partial charge in [-0.25, -0.2) is 10.2 Å². The minimum Gasteiger partial charge on any atom is -0.503 e. The van der Waals surface area contributed by atoms with Crippen molar-refractivity contribution in [2.75, 3.05) is 6.61 Å². The van der Waals surface area contributed by atoms with Gasteiger partial charge in [-0.15, -0.1) is 0 Å². The molecule has 92 valence electrons. The van der Waals surface area contributed by atoms with E-state index in [0.717, 1.165) is 0 Å². The lowest BCUT2D eigenvalue weighted by Gasteiger charge is -2.07. The number of urea groups is 1. The molecule has 1 aromatic rings. The van der Waals surface area contributed by atoms with Crippen molar-refractivity contribution in [3.8, 4) is 11.5 Å². The fraction of sp³-hybridized carbons (Fsp3) is 0.200. The van der Waals surface area contributed by atoms with E-state index in [0.29, 0.717) is 12.2 Å². The zero-order valence-corrected chi connectivity index (χ0v) is 9.86. The predicted octanol–water partition coefficient (Wildman–Crippen LogP) is 1.45. The van der Waals surface area contributed by atoms with E-state index in [-0.39, 0.29) is 16.5 Å². The number of carbonyl (C=O) groups excluding carboxylic acids is 1. The molecule has 0 atom stereocenters. The summed E-state index contributed by atoms with van der Waals surface area (Å²) in [6, 6.07) is 2.25. The Hall–Kier alpha value is -1.95. The highest BCUT2D eigenvalue weighted by atomic mass is 35.5. The molecular formula is C10H12ClN3O3. The maximum Gasteiger partial charge on any atom is 0.332 e. The lowest BCUT2D eigenvalue weighted by molar-refractivity contribution is 0.249. The number of halogens is 1. The predicted molar refractivity (Wildman–Crippen MR) is 64.6 cm³/mol. The highest BCUT2D eigenvalue weighted by molar-refractivity contribution is 6.32. The van der Waals surface area contributed by atoms with Gasteiger partial charge in [-0.05, 0) is 24.6 Å². The number of aromatic hydroxyl groups is 1. The monoisotopic (exact) mass is 257 g/mol. The number of phenolic OH excluding ortho intramolecular Hbond substituents is 1.